The van der Waals surface area contributed by atoms with Crippen LogP contribution in [0.2, 0.25) is 0 Å². The molecule has 9 heteroatoms. The second-order valence-corrected chi connectivity index (χ2v) is 6.22. The van der Waals surface area contributed by atoms with Crippen molar-refractivity contribution in [3.05, 3.63) is 71.9 Å². The van der Waals surface area contributed by atoms with Gasteiger partial charge in [-0.3, -0.25) is 15.0 Å². The topological polar surface area (TPSA) is 133 Å². The molecule has 2 aromatic carbocycles. The predicted molar refractivity (Wildman–Crippen MR) is 105 cm³/mol. The van der Waals surface area contributed by atoms with Gasteiger partial charge in [0.15, 0.2) is 0 Å². The van der Waals surface area contributed by atoms with Crippen molar-refractivity contribution in [1.29, 1.82) is 0 Å². The van der Waals surface area contributed by atoms with E-state index in [9.17, 15) is 20.0 Å². The molecule has 0 saturated heterocycles. The van der Waals surface area contributed by atoms with Gasteiger partial charge in [0.05, 0.1) is 11.6 Å². The lowest BCUT2D eigenvalue weighted by atomic mass is 9.86. The van der Waals surface area contributed by atoms with Crippen LogP contribution in [0.4, 0.5) is 5.82 Å². The maximum Gasteiger partial charge on any atom is 0.509 e. The summed E-state index contributed by atoms with van der Waals surface area (Å²) in [6, 6.07) is 14.9. The number of carbonyl (C=O) groups is 1. The molecule has 1 aromatic heterocycles. The summed E-state index contributed by atoms with van der Waals surface area (Å²) in [5, 5.41) is 29.5. The zero-order valence-corrected chi connectivity index (χ0v) is 15.1. The first kappa shape index (κ1) is 19.5. The Bertz CT molecular complexity index is 967. The third-order valence-corrected chi connectivity index (χ3v) is 4.35. The number of aromatic nitrogens is 2. The third-order valence-electron chi connectivity index (χ3n) is 4.35. The Kier molecular flexibility index (Phi) is 5.69. The lowest BCUT2D eigenvalue weighted by Crippen LogP contribution is -2.33. The minimum absolute atomic E-state index is 0.0393. The quantitative estimate of drug-likeness (QED) is 0.296. The average Bonchev–Trinajstić information content (AvgIpc) is 2.73. The number of amides is 1. The van der Waals surface area contributed by atoms with Crippen LogP contribution >= 0.6 is 0 Å². The lowest BCUT2D eigenvalue weighted by Gasteiger charge is -2.23. The minimum Gasteiger partial charge on any atom is -0.422 e. The summed E-state index contributed by atoms with van der Waals surface area (Å²) in [5.74, 6) is -0.438. The van der Waals surface area contributed by atoms with Gasteiger partial charge in [0, 0.05) is 17.3 Å². The SMILES string of the molecule is CC(c1ccccc1)N(O)C(=O)c1ccc(-c2nc(B(O)O)cnc2N)cc1. The summed E-state index contributed by atoms with van der Waals surface area (Å²) in [4.78, 5) is 20.6. The number of nitrogen functional groups attached to an aromatic ring is 1. The van der Waals surface area contributed by atoms with E-state index in [0.29, 0.717) is 10.6 Å². The van der Waals surface area contributed by atoms with Gasteiger partial charge in [0.25, 0.3) is 5.91 Å². The van der Waals surface area contributed by atoms with Crippen LogP contribution in [-0.2, 0) is 0 Å². The van der Waals surface area contributed by atoms with Gasteiger partial charge < -0.3 is 15.8 Å². The molecule has 0 aliphatic carbocycles. The lowest BCUT2D eigenvalue weighted by molar-refractivity contribution is -0.0854. The maximum atomic E-state index is 12.6. The highest BCUT2D eigenvalue weighted by Crippen LogP contribution is 2.24. The number of hydrogen-bond acceptors (Lipinski definition) is 7. The highest BCUT2D eigenvalue weighted by Gasteiger charge is 2.22. The Morgan fingerprint density at radius 2 is 1.75 bits per heavy atom. The molecule has 1 heterocycles. The molecule has 0 saturated carbocycles. The minimum atomic E-state index is -1.77. The number of rotatable bonds is 5. The van der Waals surface area contributed by atoms with Crippen molar-refractivity contribution in [1.82, 2.24) is 15.0 Å². The summed E-state index contributed by atoms with van der Waals surface area (Å²) >= 11 is 0. The van der Waals surface area contributed by atoms with E-state index in [1.54, 1.807) is 19.1 Å². The molecule has 1 amide bonds. The summed E-state index contributed by atoms with van der Waals surface area (Å²) in [5.41, 5.74) is 7.67. The molecule has 0 radical (unpaired) electrons. The molecule has 1 atom stereocenters. The first-order chi connectivity index (χ1) is 13.4. The molecule has 3 rings (SSSR count). The third kappa shape index (κ3) is 4.01. The second-order valence-electron chi connectivity index (χ2n) is 6.22. The maximum absolute atomic E-state index is 12.6. The monoisotopic (exact) mass is 378 g/mol. The Labute approximate surface area is 162 Å². The number of carbonyl (C=O) groups excluding carboxylic acids is 1. The number of nitrogens with zero attached hydrogens (tertiary/aromatic N) is 3. The zero-order chi connectivity index (χ0) is 20.3. The highest BCUT2D eigenvalue weighted by molar-refractivity contribution is 6.57. The van der Waals surface area contributed by atoms with Crippen LogP contribution in [0.3, 0.4) is 0 Å². The van der Waals surface area contributed by atoms with Gasteiger partial charge in [-0.2, -0.15) is 0 Å². The van der Waals surface area contributed by atoms with Gasteiger partial charge in [-0.1, -0.05) is 42.5 Å². The number of hydroxylamine groups is 2. The molecule has 0 aliphatic heterocycles. The smallest absolute Gasteiger partial charge is 0.422 e. The standard InChI is InChI=1S/C19H19BN4O4/c1-12(13-5-3-2-4-6-13)24(28)19(25)15-9-7-14(8-10-15)17-18(21)22-11-16(23-17)20(26)27/h2-12,26-28H,1H3,(H2,21,22). The van der Waals surface area contributed by atoms with Crippen LogP contribution in [0.1, 0.15) is 28.9 Å². The molecule has 3 aromatic rings. The Balaban J connectivity index is 1.83. The van der Waals surface area contributed by atoms with Gasteiger partial charge in [-0.15, -0.1) is 0 Å². The van der Waals surface area contributed by atoms with Crippen LogP contribution in [0.5, 0.6) is 0 Å². The van der Waals surface area contributed by atoms with Crippen molar-refractivity contribution >= 4 is 24.4 Å². The average molecular weight is 378 g/mol. The molecule has 0 fully saturated rings. The van der Waals surface area contributed by atoms with E-state index in [0.717, 1.165) is 5.56 Å². The molecule has 1 unspecified atom stereocenters. The van der Waals surface area contributed by atoms with Crippen molar-refractivity contribution in [2.24, 2.45) is 0 Å². The molecule has 142 valence electrons. The van der Waals surface area contributed by atoms with Crippen LogP contribution in [0, 0.1) is 0 Å². The fraction of sp³-hybridized carbons (Fsp3) is 0.105. The van der Waals surface area contributed by atoms with Gasteiger partial charge in [-0.05, 0) is 24.6 Å². The zero-order valence-electron chi connectivity index (χ0n) is 15.1. The van der Waals surface area contributed by atoms with Crippen LogP contribution in [0.15, 0.2) is 60.8 Å². The Morgan fingerprint density at radius 3 is 2.36 bits per heavy atom. The molecule has 28 heavy (non-hydrogen) atoms. The van der Waals surface area contributed by atoms with E-state index in [1.807, 2.05) is 30.3 Å². The van der Waals surface area contributed by atoms with E-state index < -0.39 is 19.1 Å². The van der Waals surface area contributed by atoms with E-state index in [1.165, 1.54) is 18.3 Å². The molecule has 5 N–H and O–H groups in total. The number of benzene rings is 2. The van der Waals surface area contributed by atoms with Crippen molar-refractivity contribution in [2.75, 3.05) is 5.73 Å². The van der Waals surface area contributed by atoms with Crippen molar-refractivity contribution in [2.45, 2.75) is 13.0 Å². The molecule has 0 bridgehead atoms. The largest absolute Gasteiger partial charge is 0.509 e. The molecule has 8 nitrogen and oxygen atoms in total. The van der Waals surface area contributed by atoms with Crippen molar-refractivity contribution < 1.29 is 20.0 Å². The van der Waals surface area contributed by atoms with Gasteiger partial charge in [0.1, 0.15) is 11.5 Å². The van der Waals surface area contributed by atoms with E-state index in [4.69, 9.17) is 5.73 Å². The van der Waals surface area contributed by atoms with Gasteiger partial charge in [0.2, 0.25) is 0 Å². The summed E-state index contributed by atoms with van der Waals surface area (Å²) in [6.07, 6.45) is 1.18. The highest BCUT2D eigenvalue weighted by atomic mass is 16.5. The molecular weight excluding hydrogens is 359 g/mol. The Hall–Kier alpha value is -3.27. The van der Waals surface area contributed by atoms with Crippen molar-refractivity contribution in [3.8, 4) is 11.3 Å². The number of anilines is 1. The normalized spacial score (nSPS) is 11.7. The van der Waals surface area contributed by atoms with Gasteiger partial charge >= 0.3 is 7.12 Å². The van der Waals surface area contributed by atoms with Gasteiger partial charge in [-0.25, -0.2) is 10.0 Å². The van der Waals surface area contributed by atoms with E-state index in [-0.39, 0.29) is 22.7 Å². The van der Waals surface area contributed by atoms with E-state index >= 15 is 0 Å². The molecule has 0 aliphatic rings. The Morgan fingerprint density at radius 1 is 1.11 bits per heavy atom. The number of nitrogens with two attached hydrogens (primary N) is 1. The summed E-state index contributed by atoms with van der Waals surface area (Å²) in [7, 11) is -1.77. The molecular formula is C19H19BN4O4. The predicted octanol–water partition coefficient (Wildman–Crippen LogP) is 0.998. The second kappa shape index (κ2) is 8.18. The number of hydrogen-bond donors (Lipinski definition) is 4. The van der Waals surface area contributed by atoms with E-state index in [2.05, 4.69) is 9.97 Å². The van der Waals surface area contributed by atoms with Crippen LogP contribution in [-0.4, -0.2) is 43.3 Å². The fourth-order valence-electron chi connectivity index (χ4n) is 2.70. The first-order valence-corrected chi connectivity index (χ1v) is 8.55. The first-order valence-electron chi connectivity index (χ1n) is 8.55. The van der Waals surface area contributed by atoms with Crippen molar-refractivity contribution in [3.63, 3.8) is 0 Å². The summed E-state index contributed by atoms with van der Waals surface area (Å²) in [6.45, 7) is 1.73. The summed E-state index contributed by atoms with van der Waals surface area (Å²) < 4.78 is 0. The van der Waals surface area contributed by atoms with Crippen LogP contribution in [0.25, 0.3) is 11.3 Å². The molecule has 0 spiro atoms. The fourth-order valence-corrected chi connectivity index (χ4v) is 2.70. The van der Waals surface area contributed by atoms with Crippen LogP contribution < -0.4 is 11.3 Å².